The Labute approximate surface area is 91.0 Å². The topological polar surface area (TPSA) is 58.9 Å². The van der Waals surface area contributed by atoms with Crippen LogP contribution in [0.25, 0.3) is 0 Å². The van der Waals surface area contributed by atoms with Crippen LogP contribution in [-0.4, -0.2) is 36.6 Å². The molecule has 0 bridgehead atoms. The molecule has 1 rings (SSSR count). The average Bonchev–Trinajstić information content (AvgIpc) is 2.26. The Morgan fingerprint density at radius 1 is 1.40 bits per heavy atom. The third-order valence-corrected chi connectivity index (χ3v) is 2.19. The molecule has 5 heteroatoms. The summed E-state index contributed by atoms with van der Waals surface area (Å²) in [6, 6.07) is 5.42. The molecule has 2 atom stereocenters. The van der Waals surface area contributed by atoms with Crippen LogP contribution in [0.4, 0.5) is 0 Å². The van der Waals surface area contributed by atoms with Gasteiger partial charge in [-0.25, -0.2) is 0 Å². The van der Waals surface area contributed by atoms with Crippen molar-refractivity contribution < 1.29 is 19.7 Å². The molecule has 0 saturated heterocycles. The van der Waals surface area contributed by atoms with Gasteiger partial charge in [0.2, 0.25) is 0 Å². The van der Waals surface area contributed by atoms with Crippen molar-refractivity contribution in [2.45, 2.75) is 6.10 Å². The number of hydrogen-bond donors (Lipinski definition) is 2. The lowest BCUT2D eigenvalue weighted by molar-refractivity contribution is 0.0527. The maximum absolute atomic E-state index is 9.12. The minimum absolute atomic E-state index is 0.0447. The monoisotopic (exact) mass is 230 g/mol. The molecule has 0 saturated carbocycles. The van der Waals surface area contributed by atoms with E-state index >= 15 is 0 Å². The summed E-state index contributed by atoms with van der Waals surface area (Å²) in [6.45, 7) is -0.271. The van der Waals surface area contributed by atoms with Crippen LogP contribution in [0.5, 0.6) is 11.5 Å². The first-order chi connectivity index (χ1) is 7.17. The van der Waals surface area contributed by atoms with Gasteiger partial charge in [0.15, 0.2) is 11.5 Å². The van der Waals surface area contributed by atoms with Crippen LogP contribution in [0.1, 0.15) is 0 Å². The van der Waals surface area contributed by atoms with Crippen molar-refractivity contribution in [3.8, 4) is 11.5 Å². The molecular weight excluding hydrogens is 215 g/mol. The second kappa shape index (κ2) is 5.91. The average molecular weight is 230 g/mol. The molecule has 84 valence electrons. The van der Waals surface area contributed by atoms with Gasteiger partial charge in [-0.2, -0.15) is 0 Å². The quantitative estimate of drug-likeness (QED) is 0.695. The van der Waals surface area contributed by atoms with Crippen molar-refractivity contribution in [2.24, 2.45) is 0 Å². The van der Waals surface area contributed by atoms with Gasteiger partial charge in [0, 0.05) is 0 Å². The maximum Gasteiger partial charge on any atom is 0.161 e. The number of ether oxygens (including phenoxy) is 2. The molecule has 1 aromatic carbocycles. The number of aliphatic hydroxyl groups is 2. The van der Waals surface area contributed by atoms with Gasteiger partial charge in [0.25, 0.3) is 0 Å². The highest BCUT2D eigenvalue weighted by molar-refractivity contribution is 7.27. The van der Waals surface area contributed by atoms with E-state index in [-0.39, 0.29) is 13.2 Å². The van der Waals surface area contributed by atoms with Crippen LogP contribution in [-0.2, 0) is 0 Å². The number of methoxy groups -OCH3 is 1. The number of aliphatic hydroxyl groups excluding tert-OH is 2. The molecule has 0 spiro atoms. The lowest BCUT2D eigenvalue weighted by Crippen LogP contribution is -2.21. The van der Waals surface area contributed by atoms with E-state index in [2.05, 4.69) is 9.24 Å². The van der Waals surface area contributed by atoms with E-state index in [1.807, 2.05) is 12.1 Å². The number of hydrogen-bond acceptors (Lipinski definition) is 4. The fraction of sp³-hybridized carbons (Fsp3) is 0.400. The number of rotatable bonds is 5. The highest BCUT2D eigenvalue weighted by Gasteiger charge is 2.07. The van der Waals surface area contributed by atoms with E-state index < -0.39 is 6.10 Å². The summed E-state index contributed by atoms with van der Waals surface area (Å²) >= 11 is 0. The zero-order valence-electron chi connectivity index (χ0n) is 8.51. The summed E-state index contributed by atoms with van der Waals surface area (Å²) < 4.78 is 10.4. The van der Waals surface area contributed by atoms with Gasteiger partial charge < -0.3 is 19.7 Å². The summed E-state index contributed by atoms with van der Waals surface area (Å²) in [7, 11) is 4.10. The Morgan fingerprint density at radius 2 is 2.13 bits per heavy atom. The van der Waals surface area contributed by atoms with Crippen molar-refractivity contribution in [3.05, 3.63) is 18.2 Å². The summed E-state index contributed by atoms with van der Waals surface area (Å²) in [5.41, 5.74) is 0. The van der Waals surface area contributed by atoms with Crippen molar-refractivity contribution >= 4 is 14.5 Å². The lowest BCUT2D eigenvalue weighted by Gasteiger charge is -2.13. The van der Waals surface area contributed by atoms with Gasteiger partial charge in [0.1, 0.15) is 12.7 Å². The van der Waals surface area contributed by atoms with E-state index in [0.29, 0.717) is 11.5 Å². The van der Waals surface area contributed by atoms with Crippen LogP contribution in [0.2, 0.25) is 0 Å². The minimum Gasteiger partial charge on any atom is -0.493 e. The van der Waals surface area contributed by atoms with E-state index in [1.165, 1.54) is 0 Å². The third kappa shape index (κ3) is 3.67. The normalized spacial score (nSPS) is 12.3. The summed E-state index contributed by atoms with van der Waals surface area (Å²) in [5, 5.41) is 18.7. The molecule has 0 aliphatic rings. The first kappa shape index (κ1) is 12.2. The van der Waals surface area contributed by atoms with Crippen LogP contribution >= 0.6 is 9.24 Å². The zero-order valence-corrected chi connectivity index (χ0v) is 9.67. The highest BCUT2D eigenvalue weighted by atomic mass is 31.0. The molecule has 15 heavy (non-hydrogen) atoms. The predicted octanol–water partition coefficient (Wildman–Crippen LogP) is -0.0724. The van der Waals surface area contributed by atoms with Crippen LogP contribution in [0.3, 0.4) is 0 Å². The Morgan fingerprint density at radius 3 is 2.73 bits per heavy atom. The third-order valence-electron chi connectivity index (χ3n) is 1.83. The first-order valence-corrected chi connectivity index (χ1v) is 5.10. The molecule has 0 fully saturated rings. The Balaban J connectivity index is 2.67. The first-order valence-electron chi connectivity index (χ1n) is 4.52. The SMILES string of the molecule is COc1cc(P)ccc1OC[C@H](O)CO. The van der Waals surface area contributed by atoms with E-state index in [1.54, 1.807) is 13.2 Å². The van der Waals surface area contributed by atoms with Crippen LogP contribution in [0.15, 0.2) is 18.2 Å². The van der Waals surface area contributed by atoms with Crippen LogP contribution < -0.4 is 14.8 Å². The zero-order chi connectivity index (χ0) is 11.3. The van der Waals surface area contributed by atoms with Gasteiger partial charge in [-0.15, -0.1) is 9.24 Å². The molecular formula is C10H15O4P. The summed E-state index contributed by atoms with van der Waals surface area (Å²) in [4.78, 5) is 0. The molecule has 0 aliphatic heterocycles. The van der Waals surface area contributed by atoms with Crippen molar-refractivity contribution in [1.82, 2.24) is 0 Å². The molecule has 4 nitrogen and oxygen atoms in total. The highest BCUT2D eigenvalue weighted by Crippen LogP contribution is 2.25. The van der Waals surface area contributed by atoms with Gasteiger partial charge in [-0.05, 0) is 17.4 Å². The van der Waals surface area contributed by atoms with Gasteiger partial charge in [-0.3, -0.25) is 0 Å². The van der Waals surface area contributed by atoms with Crippen molar-refractivity contribution in [2.75, 3.05) is 20.3 Å². The number of benzene rings is 1. The fourth-order valence-corrected chi connectivity index (χ4v) is 1.29. The molecule has 0 aliphatic carbocycles. The largest absolute Gasteiger partial charge is 0.493 e. The Hall–Kier alpha value is -0.830. The van der Waals surface area contributed by atoms with E-state index in [4.69, 9.17) is 19.7 Å². The molecule has 0 amide bonds. The van der Waals surface area contributed by atoms with Crippen molar-refractivity contribution in [1.29, 1.82) is 0 Å². The molecule has 0 aromatic heterocycles. The van der Waals surface area contributed by atoms with E-state index in [9.17, 15) is 0 Å². The van der Waals surface area contributed by atoms with Crippen LogP contribution in [0, 0.1) is 0 Å². The van der Waals surface area contributed by atoms with Gasteiger partial charge in [-0.1, -0.05) is 6.07 Å². The lowest BCUT2D eigenvalue weighted by atomic mass is 10.3. The van der Waals surface area contributed by atoms with Gasteiger partial charge >= 0.3 is 0 Å². The molecule has 1 unspecified atom stereocenters. The smallest absolute Gasteiger partial charge is 0.161 e. The summed E-state index contributed by atoms with van der Waals surface area (Å²) in [6.07, 6.45) is -0.870. The fourth-order valence-electron chi connectivity index (χ4n) is 1.04. The maximum atomic E-state index is 9.12. The Bertz CT molecular complexity index is 316. The molecule has 1 aromatic rings. The predicted molar refractivity (Wildman–Crippen MR) is 60.9 cm³/mol. The van der Waals surface area contributed by atoms with Gasteiger partial charge in [0.05, 0.1) is 13.7 Å². The summed E-state index contributed by atoms with van der Waals surface area (Å²) in [5.74, 6) is 1.16. The molecule has 0 radical (unpaired) electrons. The minimum atomic E-state index is -0.870. The second-order valence-electron chi connectivity index (χ2n) is 3.06. The Kier molecular flexibility index (Phi) is 4.82. The molecule has 2 N–H and O–H groups in total. The standard InChI is InChI=1S/C10H15O4P/c1-13-10-4-8(15)2-3-9(10)14-6-7(12)5-11/h2-4,7,11-12H,5-6,15H2,1H3/t7-/m1/s1. The van der Waals surface area contributed by atoms with Crippen molar-refractivity contribution in [3.63, 3.8) is 0 Å². The second-order valence-corrected chi connectivity index (χ2v) is 3.72. The van der Waals surface area contributed by atoms with E-state index in [0.717, 1.165) is 5.30 Å². The molecule has 0 heterocycles.